The lowest BCUT2D eigenvalue weighted by Crippen LogP contribution is -2.65. The lowest BCUT2D eigenvalue weighted by atomic mass is 9.33. The van der Waals surface area contributed by atoms with Crippen LogP contribution in [-0.2, 0) is 4.79 Å². The van der Waals surface area contributed by atoms with Gasteiger partial charge in [0.15, 0.2) is 0 Å². The molecule has 0 spiro atoms. The van der Waals surface area contributed by atoms with Crippen molar-refractivity contribution in [2.75, 3.05) is 6.61 Å². The fraction of sp³-hybridized carbons (Fsp3) is 0.900. The molecule has 4 saturated carbocycles. The van der Waals surface area contributed by atoms with Gasteiger partial charge in [-0.25, -0.2) is 0 Å². The molecule has 5 rings (SSSR count). The maximum Gasteiger partial charge on any atom is 0.310 e. The number of carboxylic acids is 1. The summed E-state index contributed by atoms with van der Waals surface area (Å²) in [4.78, 5) is 12.8. The summed E-state index contributed by atoms with van der Waals surface area (Å²) >= 11 is 0. The number of carboxylic acid groups (broad SMARTS) is 1. The van der Waals surface area contributed by atoms with Crippen LogP contribution in [0, 0.1) is 50.2 Å². The van der Waals surface area contributed by atoms with Crippen LogP contribution >= 0.6 is 0 Å². The molecular formula is C30H48O4. The highest BCUT2D eigenvalue weighted by Gasteiger charge is 2.69. The first-order valence-corrected chi connectivity index (χ1v) is 13.9. The third kappa shape index (κ3) is 2.88. The Hall–Kier alpha value is -0.870. The molecule has 5 aliphatic rings. The second kappa shape index (κ2) is 7.34. The molecule has 0 aromatic carbocycles. The van der Waals surface area contributed by atoms with Gasteiger partial charge in [0, 0.05) is 6.61 Å². The largest absolute Gasteiger partial charge is 0.481 e. The zero-order valence-corrected chi connectivity index (χ0v) is 22.4. The highest BCUT2D eigenvalue weighted by Crippen LogP contribution is 2.75. The van der Waals surface area contributed by atoms with Crippen LogP contribution in [0.25, 0.3) is 0 Å². The molecule has 34 heavy (non-hydrogen) atoms. The summed E-state index contributed by atoms with van der Waals surface area (Å²) in [5, 5.41) is 31.6. The maximum absolute atomic E-state index is 12.8. The number of allylic oxidation sites excluding steroid dienone is 2. The minimum absolute atomic E-state index is 0.00141. The van der Waals surface area contributed by atoms with E-state index in [4.69, 9.17) is 0 Å². The summed E-state index contributed by atoms with van der Waals surface area (Å²) in [6.45, 7) is 14.4. The van der Waals surface area contributed by atoms with E-state index < -0.39 is 11.4 Å². The zero-order chi connectivity index (χ0) is 24.9. The molecule has 0 saturated heterocycles. The van der Waals surface area contributed by atoms with Crippen LogP contribution in [-0.4, -0.2) is 34.0 Å². The highest BCUT2D eigenvalue weighted by atomic mass is 16.4. The summed E-state index contributed by atoms with van der Waals surface area (Å²) in [7, 11) is 0. The molecule has 0 aliphatic heterocycles. The molecule has 9 atom stereocenters. The highest BCUT2D eigenvalue weighted by molar-refractivity contribution is 5.76. The van der Waals surface area contributed by atoms with Gasteiger partial charge in [-0.2, -0.15) is 0 Å². The van der Waals surface area contributed by atoms with Crippen LogP contribution in [0.15, 0.2) is 11.6 Å². The Kier molecular flexibility index (Phi) is 5.36. The minimum atomic E-state index is -0.665. The predicted molar refractivity (Wildman–Crippen MR) is 134 cm³/mol. The topological polar surface area (TPSA) is 77.8 Å². The van der Waals surface area contributed by atoms with Crippen LogP contribution in [0.4, 0.5) is 0 Å². The first kappa shape index (κ1) is 24.8. The Morgan fingerprint density at radius 2 is 1.62 bits per heavy atom. The zero-order valence-electron chi connectivity index (χ0n) is 22.4. The minimum Gasteiger partial charge on any atom is -0.481 e. The van der Waals surface area contributed by atoms with Crippen molar-refractivity contribution in [3.8, 4) is 0 Å². The molecule has 0 aromatic rings. The van der Waals surface area contributed by atoms with Crippen LogP contribution < -0.4 is 0 Å². The van der Waals surface area contributed by atoms with E-state index >= 15 is 0 Å². The quantitative estimate of drug-likeness (QED) is 0.418. The fourth-order valence-electron chi connectivity index (χ4n) is 10.7. The molecule has 3 N–H and O–H groups in total. The number of rotatable bonds is 2. The molecule has 3 unspecified atom stereocenters. The molecule has 4 heteroatoms. The van der Waals surface area contributed by atoms with Gasteiger partial charge in [0.25, 0.3) is 0 Å². The van der Waals surface area contributed by atoms with E-state index in [2.05, 4.69) is 47.6 Å². The Balaban J connectivity index is 1.60. The predicted octanol–water partition coefficient (Wildman–Crippen LogP) is 6.21. The Bertz CT molecular complexity index is 907. The van der Waals surface area contributed by atoms with Crippen molar-refractivity contribution in [1.82, 2.24) is 0 Å². The maximum atomic E-state index is 12.8. The first-order valence-electron chi connectivity index (χ1n) is 13.9. The Morgan fingerprint density at radius 1 is 0.941 bits per heavy atom. The number of fused-ring (bicyclic) bond motifs is 7. The summed E-state index contributed by atoms with van der Waals surface area (Å²) in [5.41, 5.74) is 0.844. The summed E-state index contributed by atoms with van der Waals surface area (Å²) in [6.07, 6.45) is 11.6. The summed E-state index contributed by atoms with van der Waals surface area (Å²) in [5.74, 6) is 0.493. The molecular weight excluding hydrogens is 424 g/mol. The van der Waals surface area contributed by atoms with E-state index in [1.165, 1.54) is 5.57 Å². The van der Waals surface area contributed by atoms with Crippen molar-refractivity contribution in [3.63, 3.8) is 0 Å². The van der Waals surface area contributed by atoms with E-state index in [-0.39, 0.29) is 45.7 Å². The smallest absolute Gasteiger partial charge is 0.310 e. The number of hydrogen-bond acceptors (Lipinski definition) is 3. The van der Waals surface area contributed by atoms with Crippen LogP contribution in [0.2, 0.25) is 0 Å². The standard InChI is InChI=1S/C30H48O4/c1-25(2)21-9-12-29(6)22(27(21,4)11-10-23(25)32)8-7-19-20-17-26(3,18-31)13-15-30(20,24(33)34)16-14-28(19,29)5/h7,20-23,31-32H,8-18H2,1-6H3,(H,33,34)/t20?,21?,22?,23-,26+,27-,28+,29+,30-/m0/s1. The normalized spacial score (nSPS) is 54.1. The molecule has 0 aromatic heterocycles. The van der Waals surface area contributed by atoms with Crippen LogP contribution in [0.5, 0.6) is 0 Å². The molecule has 192 valence electrons. The monoisotopic (exact) mass is 472 g/mol. The van der Waals surface area contributed by atoms with Gasteiger partial charge < -0.3 is 15.3 Å². The number of carbonyl (C=O) groups is 1. The van der Waals surface area contributed by atoms with E-state index in [0.29, 0.717) is 18.3 Å². The number of aliphatic hydroxyl groups is 2. The van der Waals surface area contributed by atoms with E-state index in [1.54, 1.807) is 0 Å². The average molecular weight is 473 g/mol. The van der Waals surface area contributed by atoms with E-state index in [1.807, 2.05) is 0 Å². The summed E-state index contributed by atoms with van der Waals surface area (Å²) in [6, 6.07) is 0. The molecule has 5 aliphatic carbocycles. The van der Waals surface area contributed by atoms with Crippen molar-refractivity contribution in [1.29, 1.82) is 0 Å². The van der Waals surface area contributed by atoms with Crippen molar-refractivity contribution >= 4 is 5.97 Å². The van der Waals surface area contributed by atoms with Gasteiger partial charge >= 0.3 is 5.97 Å². The van der Waals surface area contributed by atoms with Crippen molar-refractivity contribution in [2.24, 2.45) is 50.2 Å². The Labute approximate surface area is 206 Å². The van der Waals surface area contributed by atoms with Gasteiger partial charge in [0.2, 0.25) is 0 Å². The van der Waals surface area contributed by atoms with Gasteiger partial charge in [-0.1, -0.05) is 53.2 Å². The van der Waals surface area contributed by atoms with Gasteiger partial charge in [-0.3, -0.25) is 4.79 Å². The molecule has 0 radical (unpaired) electrons. The molecule has 0 amide bonds. The lowest BCUT2D eigenvalue weighted by molar-refractivity contribution is -0.206. The molecule has 0 bridgehead atoms. The second-order valence-corrected chi connectivity index (χ2v) is 14.9. The fourth-order valence-corrected chi connectivity index (χ4v) is 10.7. The van der Waals surface area contributed by atoms with Gasteiger partial charge in [0.1, 0.15) is 0 Å². The first-order chi connectivity index (χ1) is 15.7. The molecule has 4 fully saturated rings. The van der Waals surface area contributed by atoms with E-state index in [9.17, 15) is 20.1 Å². The number of aliphatic hydroxyl groups excluding tert-OH is 2. The van der Waals surface area contributed by atoms with Crippen LogP contribution in [0.1, 0.15) is 106 Å². The molecule has 4 nitrogen and oxygen atoms in total. The van der Waals surface area contributed by atoms with Crippen molar-refractivity contribution in [3.05, 3.63) is 11.6 Å². The van der Waals surface area contributed by atoms with Gasteiger partial charge in [-0.15, -0.1) is 0 Å². The van der Waals surface area contributed by atoms with Crippen molar-refractivity contribution in [2.45, 2.75) is 112 Å². The van der Waals surface area contributed by atoms with E-state index in [0.717, 1.165) is 57.8 Å². The third-order valence-corrected chi connectivity index (χ3v) is 13.3. The molecule has 0 heterocycles. The summed E-state index contributed by atoms with van der Waals surface area (Å²) < 4.78 is 0. The van der Waals surface area contributed by atoms with Gasteiger partial charge in [0.05, 0.1) is 11.5 Å². The second-order valence-electron chi connectivity index (χ2n) is 14.9. The Morgan fingerprint density at radius 3 is 2.26 bits per heavy atom. The van der Waals surface area contributed by atoms with Crippen LogP contribution in [0.3, 0.4) is 0 Å². The van der Waals surface area contributed by atoms with Gasteiger partial charge in [-0.05, 0) is 109 Å². The SMILES string of the molecule is CC1(C)C2CC[C@]3(C)C(CC=C4C5C[C@](C)(CO)CC[C@]5(C(=O)O)CC[C@]43C)[C@@]2(C)CC[C@@H]1O. The third-order valence-electron chi connectivity index (χ3n) is 13.3. The van der Waals surface area contributed by atoms with Crippen molar-refractivity contribution < 1.29 is 20.1 Å². The number of hydrogen-bond donors (Lipinski definition) is 3. The average Bonchev–Trinajstić information content (AvgIpc) is 2.77. The number of aliphatic carboxylic acids is 1. The lowest BCUT2D eigenvalue weighted by Gasteiger charge is -2.71.